The molecule has 0 unspecified atom stereocenters. The first-order valence-electron chi connectivity index (χ1n) is 4.27. The van der Waals surface area contributed by atoms with E-state index in [0.717, 1.165) is 10.2 Å². The lowest BCUT2D eigenvalue weighted by Crippen LogP contribution is -1.96. The van der Waals surface area contributed by atoms with Gasteiger partial charge in [0.1, 0.15) is 6.21 Å². The number of hydrazone groups is 1. The maximum Gasteiger partial charge on any atom is 0.348 e. The Morgan fingerprint density at radius 2 is 2.29 bits per heavy atom. The number of aromatic amines is 1. The summed E-state index contributed by atoms with van der Waals surface area (Å²) in [5.41, 5.74) is 0.851. The third-order valence-corrected chi connectivity index (χ3v) is 2.65. The topological polar surface area (TPSA) is 109 Å². The van der Waals surface area contributed by atoms with Crippen molar-refractivity contribution in [2.45, 2.75) is 0 Å². The summed E-state index contributed by atoms with van der Waals surface area (Å²) in [6.45, 7) is 0. The Morgan fingerprint density at radius 1 is 1.59 bits per heavy atom. The zero-order chi connectivity index (χ0) is 12.8. The second kappa shape index (κ2) is 6.02. The summed E-state index contributed by atoms with van der Waals surface area (Å²) in [6.07, 6.45) is 0.611. The molecule has 2 aromatic rings. The van der Waals surface area contributed by atoms with Crippen LogP contribution in [0.15, 0.2) is 28.1 Å². The Kier molecular flexibility index (Phi) is 4.68. The van der Waals surface area contributed by atoms with Gasteiger partial charge in [0, 0.05) is 5.02 Å². The number of halogens is 1. The van der Waals surface area contributed by atoms with Crippen molar-refractivity contribution in [1.82, 2.24) is 4.98 Å². The van der Waals surface area contributed by atoms with Gasteiger partial charge in [0.25, 0.3) is 0 Å². The molecule has 0 bridgehead atoms. The van der Waals surface area contributed by atoms with E-state index in [9.17, 15) is 9.59 Å². The molecule has 0 saturated heterocycles. The summed E-state index contributed by atoms with van der Waals surface area (Å²) < 4.78 is 0.905. The van der Waals surface area contributed by atoms with Crippen molar-refractivity contribution in [2.75, 3.05) is 0 Å². The number of nitrogens with one attached hydrogen (secondary N) is 1. The third kappa shape index (κ3) is 4.25. The van der Waals surface area contributed by atoms with Gasteiger partial charge < -0.3 is 15.9 Å². The molecule has 0 radical (unpaired) electrons. The molecule has 0 saturated carbocycles. The Hall–Kier alpha value is -1.86. The van der Waals surface area contributed by atoms with Crippen LogP contribution in [0, 0.1) is 0 Å². The maximum absolute atomic E-state index is 10.8. The quantitative estimate of drug-likeness (QED) is 0.413. The molecule has 1 heterocycles. The molecule has 0 fully saturated rings. The molecule has 6 nitrogen and oxygen atoms in total. The number of rotatable bonds is 1. The first-order valence-corrected chi connectivity index (χ1v) is 5.47. The highest BCUT2D eigenvalue weighted by atomic mass is 35.5. The highest BCUT2D eigenvalue weighted by Gasteiger charge is 1.97. The normalized spacial score (nSPS) is 10.2. The number of aromatic nitrogens is 1. The van der Waals surface area contributed by atoms with Crippen molar-refractivity contribution in [3.8, 4) is 0 Å². The lowest BCUT2D eigenvalue weighted by molar-refractivity contribution is -0.128. The molecular formula is C9H8ClN3O3S. The second-order valence-corrected chi connectivity index (χ2v) is 4.22. The van der Waals surface area contributed by atoms with E-state index in [0.29, 0.717) is 11.2 Å². The van der Waals surface area contributed by atoms with Gasteiger partial charge in [-0.15, -0.1) is 0 Å². The lowest BCUT2D eigenvalue weighted by Gasteiger charge is -1.87. The van der Waals surface area contributed by atoms with Crippen LogP contribution < -0.4 is 10.7 Å². The van der Waals surface area contributed by atoms with Crippen LogP contribution in [0.5, 0.6) is 0 Å². The smallest absolute Gasteiger partial charge is 0.348 e. The predicted octanol–water partition coefficient (Wildman–Crippen LogP) is 1.26. The number of carboxylic acids is 1. The maximum atomic E-state index is 10.8. The molecule has 8 heteroatoms. The second-order valence-electron chi connectivity index (χ2n) is 2.77. The van der Waals surface area contributed by atoms with Gasteiger partial charge in [-0.2, -0.15) is 5.10 Å². The van der Waals surface area contributed by atoms with Crippen LogP contribution in [0.3, 0.4) is 0 Å². The highest BCUT2D eigenvalue weighted by molar-refractivity contribution is 7.16. The third-order valence-electron chi connectivity index (χ3n) is 1.57. The summed E-state index contributed by atoms with van der Waals surface area (Å²) in [5.74, 6) is 3.29. The fourth-order valence-electron chi connectivity index (χ4n) is 0.983. The molecule has 0 atom stereocenters. The number of carbonyl (C=O) groups is 1. The minimum Gasteiger partial charge on any atom is -0.477 e. The summed E-state index contributed by atoms with van der Waals surface area (Å²) >= 11 is 6.89. The van der Waals surface area contributed by atoms with Crippen LogP contribution in [-0.4, -0.2) is 22.3 Å². The van der Waals surface area contributed by atoms with Crippen molar-refractivity contribution in [3.63, 3.8) is 0 Å². The van der Waals surface area contributed by atoms with Gasteiger partial charge in [-0.05, 0) is 18.2 Å². The molecule has 0 spiro atoms. The number of nitrogens with two attached hydrogens (primary N) is 1. The number of carboxylic acid groups (broad SMARTS) is 1. The molecule has 0 amide bonds. The monoisotopic (exact) mass is 273 g/mol. The van der Waals surface area contributed by atoms with Crippen LogP contribution in [0.2, 0.25) is 5.02 Å². The van der Waals surface area contributed by atoms with Crippen molar-refractivity contribution >= 4 is 45.3 Å². The number of benzene rings is 1. The minimum absolute atomic E-state index is 0.0396. The van der Waals surface area contributed by atoms with Crippen LogP contribution in [0.1, 0.15) is 0 Å². The molecule has 0 aliphatic heterocycles. The summed E-state index contributed by atoms with van der Waals surface area (Å²) in [4.78, 5) is 22.8. The van der Waals surface area contributed by atoms with Gasteiger partial charge in [0.15, 0.2) is 0 Å². The first-order chi connectivity index (χ1) is 8.02. The molecule has 0 aliphatic carbocycles. The molecule has 1 aromatic carbocycles. The number of H-pyrrole nitrogens is 1. The SMILES string of the molecule is NN=CC(=O)O.O=c1[nH]c2ccc(Cl)cc2s1. The van der Waals surface area contributed by atoms with E-state index in [2.05, 4.69) is 15.9 Å². The van der Waals surface area contributed by atoms with E-state index in [4.69, 9.17) is 16.7 Å². The average Bonchev–Trinajstić information content (AvgIpc) is 2.58. The van der Waals surface area contributed by atoms with Crippen molar-refractivity contribution in [3.05, 3.63) is 32.9 Å². The first kappa shape index (κ1) is 13.2. The van der Waals surface area contributed by atoms with Crippen molar-refractivity contribution in [1.29, 1.82) is 0 Å². The van der Waals surface area contributed by atoms with Gasteiger partial charge in [-0.1, -0.05) is 22.9 Å². The van der Waals surface area contributed by atoms with Crippen molar-refractivity contribution < 1.29 is 9.90 Å². The largest absolute Gasteiger partial charge is 0.477 e. The number of fused-ring (bicyclic) bond motifs is 1. The number of nitrogens with zero attached hydrogens (tertiary/aromatic N) is 1. The van der Waals surface area contributed by atoms with E-state index >= 15 is 0 Å². The molecule has 1 aromatic heterocycles. The van der Waals surface area contributed by atoms with E-state index in [1.54, 1.807) is 18.2 Å². The molecule has 2 rings (SSSR count). The van der Waals surface area contributed by atoms with E-state index in [-0.39, 0.29) is 4.87 Å². The summed E-state index contributed by atoms with van der Waals surface area (Å²) in [5, 5.41) is 11.1. The van der Waals surface area contributed by atoms with Gasteiger partial charge in [-0.3, -0.25) is 4.79 Å². The van der Waals surface area contributed by atoms with Gasteiger partial charge in [0.05, 0.1) is 10.2 Å². The Morgan fingerprint density at radius 3 is 2.82 bits per heavy atom. The van der Waals surface area contributed by atoms with Crippen LogP contribution in [0.25, 0.3) is 10.2 Å². The molecule has 17 heavy (non-hydrogen) atoms. The number of hydrogen-bond donors (Lipinski definition) is 3. The van der Waals surface area contributed by atoms with Crippen LogP contribution in [-0.2, 0) is 4.79 Å². The zero-order valence-corrected chi connectivity index (χ0v) is 9.96. The van der Waals surface area contributed by atoms with Gasteiger partial charge >= 0.3 is 10.8 Å². The van der Waals surface area contributed by atoms with Crippen molar-refractivity contribution in [2.24, 2.45) is 10.9 Å². The molecule has 4 N–H and O–H groups in total. The lowest BCUT2D eigenvalue weighted by atomic mass is 10.3. The Labute approximate surface area is 104 Å². The van der Waals surface area contributed by atoms with Crippen LogP contribution >= 0.6 is 22.9 Å². The standard InChI is InChI=1S/C7H4ClNOS.C2H4N2O2/c8-4-1-2-5-6(3-4)11-7(10)9-5;3-4-1-2(5)6/h1-3H,(H,9,10);1H,3H2,(H,5,6). The number of aliphatic carboxylic acids is 1. The molecule has 90 valence electrons. The Bertz CT molecular complexity index is 605. The van der Waals surface area contributed by atoms with E-state index < -0.39 is 5.97 Å². The average molecular weight is 274 g/mol. The summed E-state index contributed by atoms with van der Waals surface area (Å²) in [6, 6.07) is 5.33. The fraction of sp³-hybridized carbons (Fsp3) is 0. The van der Waals surface area contributed by atoms with Crippen LogP contribution in [0.4, 0.5) is 0 Å². The zero-order valence-electron chi connectivity index (χ0n) is 8.38. The van der Waals surface area contributed by atoms with E-state index in [1.165, 1.54) is 11.3 Å². The number of hydrogen-bond acceptors (Lipinski definition) is 5. The molecule has 0 aliphatic rings. The van der Waals surface area contributed by atoms with Gasteiger partial charge in [0.2, 0.25) is 0 Å². The van der Waals surface area contributed by atoms with E-state index in [1.807, 2.05) is 0 Å². The molecular weight excluding hydrogens is 266 g/mol. The highest BCUT2D eigenvalue weighted by Crippen LogP contribution is 2.18. The van der Waals surface area contributed by atoms with Gasteiger partial charge in [-0.25, -0.2) is 4.79 Å². The summed E-state index contributed by atoms with van der Waals surface area (Å²) in [7, 11) is 0. The minimum atomic E-state index is -1.13. The fourth-order valence-corrected chi connectivity index (χ4v) is 2.00. The Balaban J connectivity index is 0.000000209. The predicted molar refractivity (Wildman–Crippen MR) is 67.8 cm³/mol. The number of thiazole rings is 1.